The highest BCUT2D eigenvalue weighted by Gasteiger charge is 2.29. The van der Waals surface area contributed by atoms with Gasteiger partial charge in [-0.25, -0.2) is 4.79 Å². The molecule has 0 bridgehead atoms. The quantitative estimate of drug-likeness (QED) is 0.715. The third kappa shape index (κ3) is 4.06. The van der Waals surface area contributed by atoms with Gasteiger partial charge in [-0.05, 0) is 19.1 Å². The molecule has 1 heterocycles. The van der Waals surface area contributed by atoms with Crippen molar-refractivity contribution in [3.05, 3.63) is 41.6 Å². The molecule has 0 fully saturated rings. The minimum atomic E-state index is -1.10. The third-order valence-electron chi connectivity index (χ3n) is 2.75. The van der Waals surface area contributed by atoms with Crippen molar-refractivity contribution >= 4 is 11.9 Å². The zero-order valence-electron chi connectivity index (χ0n) is 12.2. The molecule has 6 heteroatoms. The summed E-state index contributed by atoms with van der Waals surface area (Å²) < 4.78 is 4.77. The van der Waals surface area contributed by atoms with E-state index in [1.54, 1.807) is 12.1 Å². The number of carbonyl (C=O) groups is 2. The average Bonchev–Trinajstić information content (AvgIpc) is 2.46. The molecule has 0 aliphatic carbocycles. The van der Waals surface area contributed by atoms with Crippen LogP contribution in [0.4, 0.5) is 0 Å². The number of benzene rings is 1. The van der Waals surface area contributed by atoms with E-state index in [9.17, 15) is 19.8 Å². The first kappa shape index (κ1) is 16.7. The maximum atomic E-state index is 11.9. The van der Waals surface area contributed by atoms with Crippen molar-refractivity contribution in [1.82, 2.24) is 5.32 Å². The summed E-state index contributed by atoms with van der Waals surface area (Å²) in [6, 6.07) is 5.98. The minimum absolute atomic E-state index is 0.0528. The highest BCUT2D eigenvalue weighted by molar-refractivity contribution is 5.98. The van der Waals surface area contributed by atoms with E-state index in [1.807, 2.05) is 13.8 Å². The fourth-order valence-electron chi connectivity index (χ4n) is 1.72. The van der Waals surface area contributed by atoms with Crippen LogP contribution in [0.15, 0.2) is 36.0 Å². The first-order valence-electron chi connectivity index (χ1n) is 6.68. The Morgan fingerprint density at radius 2 is 1.90 bits per heavy atom. The van der Waals surface area contributed by atoms with Crippen LogP contribution in [0.2, 0.25) is 0 Å². The number of aromatic hydroxyl groups is 1. The lowest BCUT2D eigenvalue weighted by molar-refractivity contribution is -0.148. The number of para-hydroxylation sites is 1. The molecule has 21 heavy (non-hydrogen) atoms. The number of rotatable bonds is 2. The van der Waals surface area contributed by atoms with Crippen molar-refractivity contribution in [2.75, 3.05) is 0 Å². The number of phenols is 1. The predicted octanol–water partition coefficient (Wildman–Crippen LogP) is 1.34. The highest BCUT2D eigenvalue weighted by Crippen LogP contribution is 2.18. The summed E-state index contributed by atoms with van der Waals surface area (Å²) >= 11 is 0. The first-order chi connectivity index (χ1) is 9.99. The number of esters is 1. The molecule has 1 aromatic rings. The Bertz CT molecular complexity index is 553. The molecule has 3 N–H and O–H groups in total. The molecule has 0 saturated carbocycles. The van der Waals surface area contributed by atoms with Crippen LogP contribution in [0.3, 0.4) is 0 Å². The Morgan fingerprint density at radius 1 is 1.29 bits per heavy atom. The number of aliphatic hydroxyl groups excluding tert-OH is 1. The third-order valence-corrected chi connectivity index (χ3v) is 2.75. The van der Waals surface area contributed by atoms with Gasteiger partial charge in [-0.2, -0.15) is 0 Å². The lowest BCUT2D eigenvalue weighted by Crippen LogP contribution is -2.41. The van der Waals surface area contributed by atoms with E-state index < -0.39 is 24.1 Å². The Kier molecular flexibility index (Phi) is 5.92. The van der Waals surface area contributed by atoms with E-state index in [-0.39, 0.29) is 17.0 Å². The molecule has 0 aromatic heterocycles. The van der Waals surface area contributed by atoms with Gasteiger partial charge in [0.05, 0.1) is 11.3 Å². The number of nitrogens with one attached hydrogen (secondary N) is 1. The fraction of sp³-hybridized carbons (Fsp3) is 0.333. The van der Waals surface area contributed by atoms with Crippen molar-refractivity contribution in [1.29, 1.82) is 0 Å². The Morgan fingerprint density at radius 3 is 2.52 bits per heavy atom. The van der Waals surface area contributed by atoms with E-state index in [0.29, 0.717) is 0 Å². The van der Waals surface area contributed by atoms with E-state index in [1.165, 1.54) is 19.1 Å². The van der Waals surface area contributed by atoms with Crippen LogP contribution in [0, 0.1) is 0 Å². The van der Waals surface area contributed by atoms with Crippen LogP contribution in [0.25, 0.3) is 0 Å². The molecule has 2 atom stereocenters. The second-order valence-corrected chi connectivity index (χ2v) is 4.16. The molecule has 1 aliphatic heterocycles. The Labute approximate surface area is 123 Å². The Hall–Kier alpha value is -2.34. The summed E-state index contributed by atoms with van der Waals surface area (Å²) in [5.74, 6) is -1.42. The molecule has 114 valence electrons. The number of phenolic OH excluding ortho intramolecular Hbond substituents is 1. The molecule has 0 radical (unpaired) electrons. The summed E-state index contributed by atoms with van der Waals surface area (Å²) in [7, 11) is 0. The van der Waals surface area contributed by atoms with Crippen molar-refractivity contribution < 1.29 is 24.5 Å². The molecule has 2 rings (SSSR count). The molecule has 1 aliphatic rings. The highest BCUT2D eigenvalue weighted by atomic mass is 16.6. The molecule has 0 saturated heterocycles. The summed E-state index contributed by atoms with van der Waals surface area (Å²) in [6.07, 6.45) is -0.826. The Balaban J connectivity index is 0.00000106. The van der Waals surface area contributed by atoms with E-state index in [2.05, 4.69) is 5.32 Å². The molecule has 1 amide bonds. The van der Waals surface area contributed by atoms with Gasteiger partial charge in [0.15, 0.2) is 0 Å². The van der Waals surface area contributed by atoms with Gasteiger partial charge in [0.25, 0.3) is 5.91 Å². The van der Waals surface area contributed by atoms with Gasteiger partial charge in [-0.15, -0.1) is 0 Å². The predicted molar refractivity (Wildman–Crippen MR) is 76.6 cm³/mol. The maximum absolute atomic E-state index is 11.9. The second kappa shape index (κ2) is 7.44. The molecule has 6 nitrogen and oxygen atoms in total. The van der Waals surface area contributed by atoms with E-state index in [0.717, 1.165) is 6.08 Å². The van der Waals surface area contributed by atoms with Gasteiger partial charge in [-0.1, -0.05) is 26.0 Å². The minimum Gasteiger partial charge on any atom is -0.507 e. The van der Waals surface area contributed by atoms with Gasteiger partial charge >= 0.3 is 5.97 Å². The fourth-order valence-corrected chi connectivity index (χ4v) is 1.72. The number of hydrogen-bond acceptors (Lipinski definition) is 5. The molecular weight excluding hydrogens is 274 g/mol. The molecular formula is C15H19NO5. The van der Waals surface area contributed by atoms with Crippen molar-refractivity contribution in [3.8, 4) is 5.75 Å². The van der Waals surface area contributed by atoms with Gasteiger partial charge < -0.3 is 20.3 Å². The number of hydrogen-bond donors (Lipinski definition) is 3. The maximum Gasteiger partial charge on any atom is 0.332 e. The van der Waals surface area contributed by atoms with Crippen LogP contribution in [0.5, 0.6) is 5.75 Å². The summed E-state index contributed by atoms with van der Waals surface area (Å²) in [4.78, 5) is 23.1. The van der Waals surface area contributed by atoms with Crippen molar-refractivity contribution in [3.63, 3.8) is 0 Å². The standard InChI is InChI=1S/C13H13NO5.C2H6/c1-7-12(17)9(6-11(16)19-7)14-13(18)8-4-2-3-5-10(8)15;1-2/h2-7,12,15,17H,1H3,(H,14,18);1-2H3. The van der Waals surface area contributed by atoms with Gasteiger partial charge in [0.2, 0.25) is 0 Å². The van der Waals surface area contributed by atoms with Crippen LogP contribution < -0.4 is 5.32 Å². The number of aliphatic hydroxyl groups is 1. The monoisotopic (exact) mass is 293 g/mol. The van der Waals surface area contributed by atoms with Crippen molar-refractivity contribution in [2.45, 2.75) is 33.0 Å². The number of ether oxygens (including phenoxy) is 1. The van der Waals surface area contributed by atoms with E-state index >= 15 is 0 Å². The summed E-state index contributed by atoms with van der Waals surface area (Å²) in [6.45, 7) is 5.52. The lowest BCUT2D eigenvalue weighted by Gasteiger charge is -2.25. The summed E-state index contributed by atoms with van der Waals surface area (Å²) in [5, 5.41) is 21.7. The SMILES string of the molecule is CC.CC1OC(=O)C=C(NC(=O)c2ccccc2O)C1O. The second-order valence-electron chi connectivity index (χ2n) is 4.16. The zero-order valence-corrected chi connectivity index (χ0v) is 12.2. The van der Waals surface area contributed by atoms with Crippen LogP contribution in [-0.2, 0) is 9.53 Å². The van der Waals surface area contributed by atoms with E-state index in [4.69, 9.17) is 4.74 Å². The molecule has 0 spiro atoms. The molecule has 1 aromatic carbocycles. The number of carbonyl (C=O) groups excluding carboxylic acids is 2. The first-order valence-corrected chi connectivity index (χ1v) is 6.68. The lowest BCUT2D eigenvalue weighted by atomic mass is 10.1. The smallest absolute Gasteiger partial charge is 0.332 e. The normalized spacial score (nSPS) is 20.6. The number of cyclic esters (lactones) is 1. The van der Waals surface area contributed by atoms with Gasteiger partial charge in [0, 0.05) is 6.08 Å². The topological polar surface area (TPSA) is 95.9 Å². The van der Waals surface area contributed by atoms with Gasteiger partial charge in [-0.3, -0.25) is 4.79 Å². The van der Waals surface area contributed by atoms with Crippen molar-refractivity contribution in [2.24, 2.45) is 0 Å². The van der Waals surface area contributed by atoms with Crippen LogP contribution >= 0.6 is 0 Å². The average molecular weight is 293 g/mol. The number of amides is 1. The zero-order chi connectivity index (χ0) is 16.0. The molecule has 2 unspecified atom stereocenters. The van der Waals surface area contributed by atoms with Crippen LogP contribution in [0.1, 0.15) is 31.1 Å². The van der Waals surface area contributed by atoms with Gasteiger partial charge in [0.1, 0.15) is 18.0 Å². The largest absolute Gasteiger partial charge is 0.507 e. The summed E-state index contributed by atoms with van der Waals surface area (Å²) in [5.41, 5.74) is 0.110. The van der Waals surface area contributed by atoms with Crippen LogP contribution in [-0.4, -0.2) is 34.3 Å².